The number of ether oxygens (including phenoxy) is 1. The number of alkyl halides is 2. The van der Waals surface area contributed by atoms with Gasteiger partial charge in [0.15, 0.2) is 0 Å². The van der Waals surface area contributed by atoms with Crippen LogP contribution in [0.3, 0.4) is 0 Å². The van der Waals surface area contributed by atoms with Gasteiger partial charge < -0.3 is 10.1 Å². The van der Waals surface area contributed by atoms with Crippen LogP contribution < -0.4 is 10.1 Å². The Balaban J connectivity index is 1.91. The predicted octanol–water partition coefficient (Wildman–Crippen LogP) is 7.54. The molecule has 1 N–H and O–H groups in total. The van der Waals surface area contributed by atoms with Gasteiger partial charge >= 0.3 is 0 Å². The second-order valence-corrected chi connectivity index (χ2v) is 10.1. The van der Waals surface area contributed by atoms with E-state index in [1.807, 2.05) is 45.0 Å². The fourth-order valence-electron chi connectivity index (χ4n) is 4.10. The summed E-state index contributed by atoms with van der Waals surface area (Å²) in [6, 6.07) is 7.56. The van der Waals surface area contributed by atoms with Crippen LogP contribution in [0.5, 0.6) is 5.75 Å². The van der Waals surface area contributed by atoms with Gasteiger partial charge in [0, 0.05) is 24.0 Å². The molecule has 33 heavy (non-hydrogen) atoms. The van der Waals surface area contributed by atoms with E-state index in [4.69, 9.17) is 4.74 Å². The molecule has 2 heterocycles. The van der Waals surface area contributed by atoms with Gasteiger partial charge in [-0.3, -0.25) is 9.79 Å². The second-order valence-electron chi connectivity index (χ2n) is 9.07. The highest BCUT2D eigenvalue weighted by atomic mass is 32.1. The first kappa shape index (κ1) is 25.1. The molecule has 1 aliphatic rings. The van der Waals surface area contributed by atoms with Crippen molar-refractivity contribution in [3.63, 3.8) is 0 Å². The molecule has 2 aromatic rings. The van der Waals surface area contributed by atoms with Crippen LogP contribution in [0.15, 0.2) is 35.8 Å². The van der Waals surface area contributed by atoms with E-state index < -0.39 is 5.92 Å². The van der Waals surface area contributed by atoms with E-state index in [2.05, 4.69) is 23.6 Å². The van der Waals surface area contributed by atoms with Gasteiger partial charge in [-0.15, -0.1) is 11.3 Å². The Kier molecular flexibility index (Phi) is 7.73. The SMILES string of the molecule is C=Nc1c(C(=C)C(C)CCC(C)(F)F)sc(C(=O)N[C@H]2CCOc3ccccc32)c1C(C)C. The maximum atomic E-state index is 13.4. The van der Waals surface area contributed by atoms with E-state index in [9.17, 15) is 13.6 Å². The second kappa shape index (κ2) is 10.2. The lowest BCUT2D eigenvalue weighted by molar-refractivity contribution is 0.00895. The lowest BCUT2D eigenvalue weighted by Gasteiger charge is -2.26. The molecular formula is C26H32F2N2O2S. The quantitative estimate of drug-likeness (QED) is 0.382. The molecule has 0 aliphatic carbocycles. The average molecular weight is 475 g/mol. The molecule has 1 aliphatic heterocycles. The number of hydrogen-bond donors (Lipinski definition) is 1. The number of benzene rings is 1. The number of fused-ring (bicyclic) bond motifs is 1. The number of para-hydroxylation sites is 1. The molecule has 4 nitrogen and oxygen atoms in total. The van der Waals surface area contributed by atoms with Gasteiger partial charge in [-0.2, -0.15) is 0 Å². The van der Waals surface area contributed by atoms with Gasteiger partial charge in [0.05, 0.1) is 28.1 Å². The van der Waals surface area contributed by atoms with Crippen molar-refractivity contribution in [2.75, 3.05) is 6.61 Å². The number of hydrogen-bond acceptors (Lipinski definition) is 4. The molecule has 0 spiro atoms. The monoisotopic (exact) mass is 474 g/mol. The third-order valence-corrected chi connectivity index (χ3v) is 7.30. The number of nitrogens with one attached hydrogen (secondary N) is 1. The van der Waals surface area contributed by atoms with Crippen LogP contribution in [0.2, 0.25) is 0 Å². The zero-order chi connectivity index (χ0) is 24.3. The number of allylic oxidation sites excluding steroid dienone is 1. The van der Waals surface area contributed by atoms with Gasteiger partial charge in [-0.05, 0) is 43.5 Å². The predicted molar refractivity (Wildman–Crippen MR) is 132 cm³/mol. The van der Waals surface area contributed by atoms with Crippen LogP contribution >= 0.6 is 11.3 Å². The third-order valence-electron chi connectivity index (χ3n) is 6.03. The number of carbonyl (C=O) groups is 1. The molecule has 0 bridgehead atoms. The minimum atomic E-state index is -2.72. The van der Waals surface area contributed by atoms with Crippen molar-refractivity contribution in [1.29, 1.82) is 0 Å². The smallest absolute Gasteiger partial charge is 0.262 e. The van der Waals surface area contributed by atoms with Gasteiger partial charge in [0.25, 0.3) is 5.91 Å². The summed E-state index contributed by atoms with van der Waals surface area (Å²) < 4.78 is 32.5. The van der Waals surface area contributed by atoms with E-state index in [1.54, 1.807) is 0 Å². The normalized spacial score (nSPS) is 16.6. The fourth-order valence-corrected chi connectivity index (χ4v) is 5.50. The fraction of sp³-hybridized carbons (Fsp3) is 0.462. The minimum absolute atomic E-state index is 0.0290. The molecule has 0 saturated carbocycles. The number of nitrogens with zero attached hydrogens (tertiary/aromatic N) is 1. The van der Waals surface area contributed by atoms with Crippen molar-refractivity contribution in [1.82, 2.24) is 5.32 Å². The Bertz CT molecular complexity index is 1040. The largest absolute Gasteiger partial charge is 0.493 e. The highest BCUT2D eigenvalue weighted by Crippen LogP contribution is 2.46. The Morgan fingerprint density at radius 2 is 2.00 bits per heavy atom. The van der Waals surface area contributed by atoms with Crippen LogP contribution in [0.1, 0.15) is 84.6 Å². The van der Waals surface area contributed by atoms with Gasteiger partial charge in [-0.1, -0.05) is 45.5 Å². The van der Waals surface area contributed by atoms with Crippen LogP contribution in [0.25, 0.3) is 5.57 Å². The van der Waals surface area contributed by atoms with E-state index in [0.717, 1.165) is 28.7 Å². The first-order valence-corrected chi connectivity index (χ1v) is 12.1. The lowest BCUT2D eigenvalue weighted by atomic mass is 9.92. The lowest BCUT2D eigenvalue weighted by Crippen LogP contribution is -2.32. The molecule has 1 unspecified atom stereocenters. The molecule has 0 radical (unpaired) electrons. The number of amides is 1. The van der Waals surface area contributed by atoms with Gasteiger partial charge in [-0.25, -0.2) is 8.78 Å². The molecule has 1 aromatic carbocycles. The van der Waals surface area contributed by atoms with Crippen molar-refractivity contribution in [3.05, 3.63) is 51.7 Å². The summed E-state index contributed by atoms with van der Waals surface area (Å²) in [5.74, 6) is -2.26. The summed E-state index contributed by atoms with van der Waals surface area (Å²) in [6.07, 6.45) is 0.761. The highest BCUT2D eigenvalue weighted by molar-refractivity contribution is 7.16. The molecule has 0 fully saturated rings. The molecule has 178 valence electrons. The Hall–Kier alpha value is -2.54. The number of thiophene rings is 1. The third kappa shape index (κ3) is 5.69. The van der Waals surface area contributed by atoms with Crippen LogP contribution in [0, 0.1) is 5.92 Å². The molecule has 7 heteroatoms. The van der Waals surface area contributed by atoms with E-state index in [1.165, 1.54) is 11.3 Å². The number of aliphatic imine (C=N–C) groups is 1. The molecule has 1 aromatic heterocycles. The van der Waals surface area contributed by atoms with Crippen LogP contribution in [-0.2, 0) is 0 Å². The number of carbonyl (C=O) groups excluding carboxylic acids is 1. The molecule has 1 amide bonds. The molecule has 0 saturated heterocycles. The van der Waals surface area contributed by atoms with Crippen molar-refractivity contribution < 1.29 is 18.3 Å². The standard InChI is InChI=1S/C26H32F2N2O2S/c1-15(2)21-22(29-6)23(17(4)16(3)11-13-26(5,27)28)33-24(21)25(31)30-19-12-14-32-20-10-8-7-9-18(19)20/h7-10,15-16,19H,4,6,11-14H2,1-3,5H3,(H,30,31)/t16?,19-/m0/s1. The maximum Gasteiger partial charge on any atom is 0.262 e. The minimum Gasteiger partial charge on any atom is -0.493 e. The van der Waals surface area contributed by atoms with E-state index >= 15 is 0 Å². The summed E-state index contributed by atoms with van der Waals surface area (Å²) in [5, 5.41) is 3.17. The Labute approximate surface area is 198 Å². The van der Waals surface area contributed by atoms with Crippen molar-refractivity contribution in [2.45, 2.75) is 64.8 Å². The molecule has 3 rings (SSSR count). The summed E-state index contributed by atoms with van der Waals surface area (Å²) in [7, 11) is 0. The summed E-state index contributed by atoms with van der Waals surface area (Å²) in [6.45, 7) is 15.3. The average Bonchev–Trinajstić information content (AvgIpc) is 3.17. The Morgan fingerprint density at radius 3 is 2.64 bits per heavy atom. The van der Waals surface area contributed by atoms with Crippen LogP contribution in [-0.4, -0.2) is 25.2 Å². The molecular weight excluding hydrogens is 442 g/mol. The van der Waals surface area contributed by atoms with E-state index in [0.29, 0.717) is 35.6 Å². The summed E-state index contributed by atoms with van der Waals surface area (Å²) in [5.41, 5.74) is 3.12. The summed E-state index contributed by atoms with van der Waals surface area (Å²) in [4.78, 5) is 19.0. The first-order valence-electron chi connectivity index (χ1n) is 11.3. The summed E-state index contributed by atoms with van der Waals surface area (Å²) >= 11 is 1.32. The van der Waals surface area contributed by atoms with Crippen molar-refractivity contribution in [3.8, 4) is 5.75 Å². The number of halogens is 2. The van der Waals surface area contributed by atoms with Gasteiger partial charge in [0.2, 0.25) is 5.92 Å². The zero-order valence-electron chi connectivity index (χ0n) is 19.7. The Morgan fingerprint density at radius 1 is 1.30 bits per heavy atom. The number of rotatable bonds is 9. The molecule has 2 atom stereocenters. The van der Waals surface area contributed by atoms with E-state index in [-0.39, 0.29) is 30.2 Å². The zero-order valence-corrected chi connectivity index (χ0v) is 20.5. The maximum absolute atomic E-state index is 13.4. The first-order chi connectivity index (χ1) is 15.5. The topological polar surface area (TPSA) is 50.7 Å². The van der Waals surface area contributed by atoms with Crippen LogP contribution in [0.4, 0.5) is 14.5 Å². The highest BCUT2D eigenvalue weighted by Gasteiger charge is 2.30. The van der Waals surface area contributed by atoms with Crippen molar-refractivity contribution >= 4 is 35.2 Å². The van der Waals surface area contributed by atoms with Gasteiger partial charge in [0.1, 0.15) is 5.75 Å². The van der Waals surface area contributed by atoms with Crippen molar-refractivity contribution in [2.24, 2.45) is 10.9 Å².